The molecular formula is C20H17N3O. The Labute approximate surface area is 141 Å². The fourth-order valence-corrected chi connectivity index (χ4v) is 2.61. The predicted molar refractivity (Wildman–Crippen MR) is 93.2 cm³/mol. The lowest BCUT2D eigenvalue weighted by Crippen LogP contribution is -2.24. The van der Waals surface area contributed by atoms with E-state index in [-0.39, 0.29) is 5.91 Å². The largest absolute Gasteiger partial charge is 0.347 e. The molecule has 0 aliphatic heterocycles. The zero-order valence-electron chi connectivity index (χ0n) is 13.4. The summed E-state index contributed by atoms with van der Waals surface area (Å²) in [5, 5.41) is 11.8. The van der Waals surface area contributed by atoms with Gasteiger partial charge in [0, 0.05) is 19.3 Å². The summed E-state index contributed by atoms with van der Waals surface area (Å²) in [7, 11) is 1.87. The molecule has 0 spiro atoms. The van der Waals surface area contributed by atoms with Crippen LogP contribution in [0.1, 0.15) is 21.6 Å². The highest BCUT2D eigenvalue weighted by atomic mass is 16.1. The van der Waals surface area contributed by atoms with E-state index in [1.165, 1.54) is 0 Å². The summed E-state index contributed by atoms with van der Waals surface area (Å²) in [5.74, 6) is -0.110. The van der Waals surface area contributed by atoms with E-state index < -0.39 is 0 Å². The first-order chi connectivity index (χ1) is 11.7. The van der Waals surface area contributed by atoms with Crippen molar-refractivity contribution in [1.29, 1.82) is 5.26 Å². The van der Waals surface area contributed by atoms with Gasteiger partial charge in [0.1, 0.15) is 5.69 Å². The second kappa shape index (κ2) is 6.84. The summed E-state index contributed by atoms with van der Waals surface area (Å²) in [5.41, 5.74) is 4.19. The Balaban J connectivity index is 1.76. The van der Waals surface area contributed by atoms with Crippen LogP contribution in [0.3, 0.4) is 0 Å². The van der Waals surface area contributed by atoms with Gasteiger partial charge in [-0.05, 0) is 35.4 Å². The molecule has 0 saturated carbocycles. The molecule has 1 amide bonds. The fourth-order valence-electron chi connectivity index (χ4n) is 2.61. The van der Waals surface area contributed by atoms with Gasteiger partial charge in [0.2, 0.25) is 0 Å². The quantitative estimate of drug-likeness (QED) is 0.801. The average molecular weight is 315 g/mol. The first-order valence-electron chi connectivity index (χ1n) is 7.67. The molecule has 2 aromatic carbocycles. The van der Waals surface area contributed by atoms with Gasteiger partial charge in [-0.15, -0.1) is 0 Å². The van der Waals surface area contributed by atoms with Crippen molar-refractivity contribution in [2.45, 2.75) is 6.54 Å². The molecule has 1 heterocycles. The third-order valence-electron chi connectivity index (χ3n) is 3.96. The molecule has 0 aliphatic carbocycles. The number of nitrogens with one attached hydrogen (secondary N) is 1. The molecule has 0 atom stereocenters. The number of nitriles is 1. The number of hydrogen-bond donors (Lipinski definition) is 1. The number of rotatable bonds is 4. The Morgan fingerprint density at radius 3 is 2.42 bits per heavy atom. The van der Waals surface area contributed by atoms with E-state index in [1.54, 1.807) is 12.1 Å². The average Bonchev–Trinajstić information content (AvgIpc) is 3.02. The maximum absolute atomic E-state index is 12.4. The fraction of sp³-hybridized carbons (Fsp3) is 0.100. The third-order valence-corrected chi connectivity index (χ3v) is 3.96. The molecule has 1 N–H and O–H groups in total. The van der Waals surface area contributed by atoms with Crippen LogP contribution in [0.15, 0.2) is 66.7 Å². The van der Waals surface area contributed by atoms with Crippen LogP contribution in [0.2, 0.25) is 0 Å². The van der Waals surface area contributed by atoms with Crippen molar-refractivity contribution in [2.24, 2.45) is 7.05 Å². The monoisotopic (exact) mass is 315 g/mol. The summed E-state index contributed by atoms with van der Waals surface area (Å²) in [6.45, 7) is 0.497. The van der Waals surface area contributed by atoms with E-state index in [9.17, 15) is 4.79 Å². The van der Waals surface area contributed by atoms with Crippen molar-refractivity contribution < 1.29 is 4.79 Å². The Morgan fingerprint density at radius 1 is 1.04 bits per heavy atom. The minimum Gasteiger partial charge on any atom is -0.347 e. The van der Waals surface area contributed by atoms with Crippen molar-refractivity contribution in [3.63, 3.8) is 0 Å². The van der Waals surface area contributed by atoms with Gasteiger partial charge in [-0.3, -0.25) is 4.79 Å². The molecule has 0 saturated heterocycles. The van der Waals surface area contributed by atoms with Gasteiger partial charge in [0.05, 0.1) is 11.6 Å². The normalized spacial score (nSPS) is 10.2. The molecule has 4 nitrogen and oxygen atoms in total. The molecule has 0 aliphatic rings. The number of carbonyl (C=O) groups is 1. The van der Waals surface area contributed by atoms with E-state index in [0.717, 1.165) is 16.8 Å². The van der Waals surface area contributed by atoms with Crippen LogP contribution in [0.4, 0.5) is 0 Å². The SMILES string of the molecule is Cn1c(C(=O)NCc2ccccc2)ccc1-c1ccc(C#N)cc1. The molecule has 24 heavy (non-hydrogen) atoms. The molecule has 0 bridgehead atoms. The highest BCUT2D eigenvalue weighted by Gasteiger charge is 2.13. The number of benzene rings is 2. The Bertz CT molecular complexity index is 887. The van der Waals surface area contributed by atoms with E-state index >= 15 is 0 Å². The summed E-state index contributed by atoms with van der Waals surface area (Å²) in [6, 6.07) is 23.0. The summed E-state index contributed by atoms with van der Waals surface area (Å²) in [6.07, 6.45) is 0. The molecule has 4 heteroatoms. The molecule has 1 aromatic heterocycles. The minimum absolute atomic E-state index is 0.110. The maximum Gasteiger partial charge on any atom is 0.268 e. The van der Waals surface area contributed by atoms with E-state index in [4.69, 9.17) is 5.26 Å². The van der Waals surface area contributed by atoms with Gasteiger partial charge in [-0.1, -0.05) is 42.5 Å². The van der Waals surface area contributed by atoms with Crippen LogP contribution in [-0.4, -0.2) is 10.5 Å². The zero-order valence-corrected chi connectivity index (χ0v) is 13.4. The zero-order chi connectivity index (χ0) is 16.9. The number of amides is 1. The number of aromatic nitrogens is 1. The lowest BCUT2D eigenvalue weighted by molar-refractivity contribution is 0.0943. The van der Waals surface area contributed by atoms with E-state index in [0.29, 0.717) is 17.8 Å². The molecular weight excluding hydrogens is 298 g/mol. The first-order valence-corrected chi connectivity index (χ1v) is 7.67. The van der Waals surface area contributed by atoms with Crippen LogP contribution in [0.5, 0.6) is 0 Å². The molecule has 118 valence electrons. The maximum atomic E-state index is 12.4. The van der Waals surface area contributed by atoms with Crippen molar-refractivity contribution in [3.8, 4) is 17.3 Å². The van der Waals surface area contributed by atoms with Crippen molar-refractivity contribution >= 4 is 5.91 Å². The van der Waals surface area contributed by atoms with Crippen LogP contribution >= 0.6 is 0 Å². The predicted octanol–water partition coefficient (Wildman–Crippen LogP) is 3.49. The minimum atomic E-state index is -0.110. The standard InChI is InChI=1S/C20H17N3O/c1-23-18(17-9-7-15(13-21)8-10-17)11-12-19(23)20(24)22-14-16-5-3-2-4-6-16/h2-12H,14H2,1H3,(H,22,24). The lowest BCUT2D eigenvalue weighted by atomic mass is 10.1. The second-order valence-electron chi connectivity index (χ2n) is 5.52. The van der Waals surface area contributed by atoms with E-state index in [1.807, 2.05) is 66.2 Å². The summed E-state index contributed by atoms with van der Waals surface area (Å²) in [4.78, 5) is 12.4. The molecule has 3 rings (SSSR count). The number of hydrogen-bond acceptors (Lipinski definition) is 2. The van der Waals surface area contributed by atoms with Crippen molar-refractivity contribution in [3.05, 3.63) is 83.6 Å². The van der Waals surface area contributed by atoms with Crippen LogP contribution in [0.25, 0.3) is 11.3 Å². The summed E-state index contributed by atoms with van der Waals surface area (Å²) >= 11 is 0. The number of nitrogens with zero attached hydrogens (tertiary/aromatic N) is 2. The highest BCUT2D eigenvalue weighted by molar-refractivity contribution is 5.93. The van der Waals surface area contributed by atoms with Crippen LogP contribution < -0.4 is 5.32 Å². The van der Waals surface area contributed by atoms with Crippen molar-refractivity contribution in [1.82, 2.24) is 9.88 Å². The highest BCUT2D eigenvalue weighted by Crippen LogP contribution is 2.22. The lowest BCUT2D eigenvalue weighted by Gasteiger charge is -2.09. The third kappa shape index (κ3) is 3.21. The second-order valence-corrected chi connectivity index (χ2v) is 5.52. The Morgan fingerprint density at radius 2 is 1.75 bits per heavy atom. The Kier molecular flexibility index (Phi) is 4.44. The van der Waals surface area contributed by atoms with Gasteiger partial charge in [0.25, 0.3) is 5.91 Å². The van der Waals surface area contributed by atoms with Gasteiger partial charge < -0.3 is 9.88 Å². The number of carbonyl (C=O) groups excluding carboxylic acids is 1. The van der Waals surface area contributed by atoms with Crippen LogP contribution in [-0.2, 0) is 13.6 Å². The van der Waals surface area contributed by atoms with Gasteiger partial charge in [0.15, 0.2) is 0 Å². The van der Waals surface area contributed by atoms with E-state index in [2.05, 4.69) is 11.4 Å². The molecule has 0 fully saturated rings. The van der Waals surface area contributed by atoms with Gasteiger partial charge in [-0.25, -0.2) is 0 Å². The van der Waals surface area contributed by atoms with Crippen molar-refractivity contribution in [2.75, 3.05) is 0 Å². The summed E-state index contributed by atoms with van der Waals surface area (Å²) < 4.78 is 1.86. The van der Waals surface area contributed by atoms with Crippen LogP contribution in [0, 0.1) is 11.3 Å². The first kappa shape index (κ1) is 15.6. The smallest absolute Gasteiger partial charge is 0.268 e. The molecule has 0 radical (unpaired) electrons. The molecule has 3 aromatic rings. The topological polar surface area (TPSA) is 57.8 Å². The molecule has 0 unspecified atom stereocenters. The Hall–Kier alpha value is -3.32. The van der Waals surface area contributed by atoms with Gasteiger partial charge in [-0.2, -0.15) is 5.26 Å². The van der Waals surface area contributed by atoms with Gasteiger partial charge >= 0.3 is 0 Å².